The van der Waals surface area contributed by atoms with Crippen LogP contribution < -0.4 is 15.0 Å². The van der Waals surface area contributed by atoms with Gasteiger partial charge in [0.25, 0.3) is 0 Å². The maximum absolute atomic E-state index is 12.8. The molecule has 1 fully saturated rings. The maximum Gasteiger partial charge on any atom is 0.237 e. The molecule has 4 rings (SSSR count). The van der Waals surface area contributed by atoms with Crippen molar-refractivity contribution in [3.05, 3.63) is 58.7 Å². The predicted octanol–water partition coefficient (Wildman–Crippen LogP) is 3.85. The number of methoxy groups -OCH3 is 1. The van der Waals surface area contributed by atoms with E-state index in [1.54, 1.807) is 24.2 Å². The van der Waals surface area contributed by atoms with Gasteiger partial charge in [0.2, 0.25) is 11.9 Å². The number of ether oxygens (including phenoxy) is 1. The van der Waals surface area contributed by atoms with Crippen molar-refractivity contribution < 1.29 is 9.53 Å². The van der Waals surface area contributed by atoms with Gasteiger partial charge >= 0.3 is 0 Å². The average Bonchev–Trinajstić information content (AvgIpc) is 3.34. The lowest BCUT2D eigenvalue weighted by Crippen LogP contribution is -2.43. The van der Waals surface area contributed by atoms with Crippen LogP contribution >= 0.6 is 15.9 Å². The van der Waals surface area contributed by atoms with Gasteiger partial charge in [-0.15, -0.1) is 0 Å². The molecule has 1 aliphatic rings. The lowest BCUT2D eigenvalue weighted by molar-refractivity contribution is -0.121. The molecule has 1 aliphatic heterocycles. The van der Waals surface area contributed by atoms with Gasteiger partial charge in [0.05, 0.1) is 11.6 Å². The number of rotatable bonds is 8. The van der Waals surface area contributed by atoms with Crippen molar-refractivity contribution in [2.45, 2.75) is 45.1 Å². The van der Waals surface area contributed by atoms with E-state index in [4.69, 9.17) is 9.72 Å². The van der Waals surface area contributed by atoms with Gasteiger partial charge in [-0.25, -0.2) is 9.97 Å². The quantitative estimate of drug-likeness (QED) is 0.493. The third-order valence-corrected chi connectivity index (χ3v) is 6.48. The third kappa shape index (κ3) is 5.90. The summed E-state index contributed by atoms with van der Waals surface area (Å²) >= 11 is 3.51. The van der Waals surface area contributed by atoms with Crippen LogP contribution in [0, 0.1) is 6.92 Å². The van der Waals surface area contributed by atoms with Gasteiger partial charge in [-0.1, -0.05) is 6.07 Å². The minimum Gasteiger partial charge on any atom is -0.496 e. The van der Waals surface area contributed by atoms with Crippen molar-refractivity contribution in [1.82, 2.24) is 24.8 Å². The molecule has 3 aromatic rings. The second kappa shape index (κ2) is 10.8. The molecule has 8 nitrogen and oxygen atoms in total. The number of hydrogen-bond acceptors (Lipinski definition) is 6. The summed E-state index contributed by atoms with van der Waals surface area (Å²) in [6.07, 6.45) is 9.65. The fourth-order valence-corrected chi connectivity index (χ4v) is 4.78. The van der Waals surface area contributed by atoms with Crippen LogP contribution in [0.3, 0.4) is 0 Å². The number of carbonyl (C=O) groups excluding carboxylic acids is 1. The molecule has 1 aromatic carbocycles. The summed E-state index contributed by atoms with van der Waals surface area (Å²) in [6, 6.07) is 8.11. The predicted molar refractivity (Wildman–Crippen MR) is 131 cm³/mol. The van der Waals surface area contributed by atoms with Gasteiger partial charge in [-0.2, -0.15) is 4.98 Å². The van der Waals surface area contributed by atoms with Crippen molar-refractivity contribution >= 4 is 27.7 Å². The molecule has 174 valence electrons. The Morgan fingerprint density at radius 2 is 2.15 bits per heavy atom. The molecular formula is C24H29BrN6O2. The number of nitrogens with one attached hydrogen (secondary N) is 1. The van der Waals surface area contributed by atoms with Crippen molar-refractivity contribution in [3.63, 3.8) is 0 Å². The van der Waals surface area contributed by atoms with E-state index in [0.717, 1.165) is 59.5 Å². The number of carbonyl (C=O) groups is 1. The largest absolute Gasteiger partial charge is 0.496 e. The fourth-order valence-electron chi connectivity index (χ4n) is 4.19. The zero-order valence-corrected chi connectivity index (χ0v) is 20.6. The SMILES string of the molecule is COc1ccc(CCNC(=O)CC2CCCCN2c2cc(C)nc(-n3ccnc3)n2)cc1Br. The Bertz CT molecular complexity index is 1090. The van der Waals surface area contributed by atoms with E-state index in [1.165, 1.54) is 0 Å². The van der Waals surface area contributed by atoms with E-state index in [-0.39, 0.29) is 11.9 Å². The summed E-state index contributed by atoms with van der Waals surface area (Å²) in [5.74, 6) is 2.34. The second-order valence-electron chi connectivity index (χ2n) is 8.25. The third-order valence-electron chi connectivity index (χ3n) is 5.86. The van der Waals surface area contributed by atoms with Gasteiger partial charge < -0.3 is 15.0 Å². The lowest BCUT2D eigenvalue weighted by atomic mass is 9.99. The Hall–Kier alpha value is -2.94. The number of piperidine rings is 1. The highest BCUT2D eigenvalue weighted by Crippen LogP contribution is 2.27. The van der Waals surface area contributed by atoms with Gasteiger partial charge in [0.15, 0.2) is 0 Å². The number of halogens is 1. The van der Waals surface area contributed by atoms with Crippen LogP contribution in [-0.4, -0.2) is 51.7 Å². The Kier molecular flexibility index (Phi) is 7.59. The standard InChI is InChI=1S/C24H29BrN6O2/c1-17-13-22(29-24(28-17)30-12-10-26-16-30)31-11-4-3-5-19(31)15-23(32)27-9-8-18-6-7-21(33-2)20(25)14-18/h6-7,10,12-14,16,19H,3-5,8-9,11,15H2,1-2H3,(H,27,32). The van der Waals surface area contributed by atoms with Gasteiger partial charge in [0, 0.05) is 49.7 Å². The van der Waals surface area contributed by atoms with Crippen LogP contribution in [0.25, 0.3) is 5.95 Å². The zero-order chi connectivity index (χ0) is 23.2. The van der Waals surface area contributed by atoms with Crippen LogP contribution in [0.2, 0.25) is 0 Å². The number of imidazole rings is 1. The molecule has 0 saturated carbocycles. The van der Waals surface area contributed by atoms with Crippen molar-refractivity contribution in [1.29, 1.82) is 0 Å². The van der Waals surface area contributed by atoms with E-state index in [0.29, 0.717) is 18.9 Å². The number of nitrogens with zero attached hydrogens (tertiary/aromatic N) is 5. The maximum atomic E-state index is 12.8. The highest BCUT2D eigenvalue weighted by Gasteiger charge is 2.26. The minimum atomic E-state index is 0.0695. The summed E-state index contributed by atoms with van der Waals surface area (Å²) in [5, 5.41) is 3.09. The summed E-state index contributed by atoms with van der Waals surface area (Å²) in [7, 11) is 1.65. The Morgan fingerprint density at radius 3 is 2.91 bits per heavy atom. The molecule has 0 spiro atoms. The second-order valence-corrected chi connectivity index (χ2v) is 9.11. The van der Waals surface area contributed by atoms with Crippen LogP contribution in [0.5, 0.6) is 5.75 Å². The molecular weight excluding hydrogens is 484 g/mol. The molecule has 0 aliphatic carbocycles. The summed E-state index contributed by atoms with van der Waals surface area (Å²) < 4.78 is 8.00. The molecule has 3 heterocycles. The first kappa shape index (κ1) is 23.2. The normalized spacial score (nSPS) is 16.0. The molecule has 0 bridgehead atoms. The molecule has 1 atom stereocenters. The van der Waals surface area contributed by atoms with Gasteiger partial charge in [-0.05, 0) is 66.2 Å². The number of anilines is 1. The fraction of sp³-hybridized carbons (Fsp3) is 0.417. The van der Waals surface area contributed by atoms with E-state index in [9.17, 15) is 4.79 Å². The van der Waals surface area contributed by atoms with Crippen molar-refractivity contribution in [3.8, 4) is 11.7 Å². The summed E-state index contributed by atoms with van der Waals surface area (Å²) in [6.45, 7) is 3.45. The van der Waals surface area contributed by atoms with Gasteiger partial charge in [0.1, 0.15) is 17.9 Å². The van der Waals surface area contributed by atoms with E-state index >= 15 is 0 Å². The van der Waals surface area contributed by atoms with Crippen molar-refractivity contribution in [2.24, 2.45) is 0 Å². The number of hydrogen-bond donors (Lipinski definition) is 1. The first-order valence-electron chi connectivity index (χ1n) is 11.2. The highest BCUT2D eigenvalue weighted by atomic mass is 79.9. The number of amides is 1. The molecule has 1 N–H and O–H groups in total. The lowest BCUT2D eigenvalue weighted by Gasteiger charge is -2.36. The molecule has 1 saturated heterocycles. The first-order chi connectivity index (χ1) is 16.0. The molecule has 1 amide bonds. The highest BCUT2D eigenvalue weighted by molar-refractivity contribution is 9.10. The number of aromatic nitrogens is 4. The van der Waals surface area contributed by atoms with Crippen LogP contribution in [-0.2, 0) is 11.2 Å². The van der Waals surface area contributed by atoms with Crippen molar-refractivity contribution in [2.75, 3.05) is 25.1 Å². The average molecular weight is 513 g/mol. The van der Waals surface area contributed by atoms with E-state index in [2.05, 4.69) is 36.1 Å². The molecule has 1 unspecified atom stereocenters. The zero-order valence-electron chi connectivity index (χ0n) is 19.0. The topological polar surface area (TPSA) is 85.2 Å². The number of benzene rings is 1. The molecule has 2 aromatic heterocycles. The Balaban J connectivity index is 1.38. The van der Waals surface area contributed by atoms with Crippen LogP contribution in [0.1, 0.15) is 36.9 Å². The Morgan fingerprint density at radius 1 is 1.27 bits per heavy atom. The molecule has 0 radical (unpaired) electrons. The molecule has 33 heavy (non-hydrogen) atoms. The Labute approximate surface area is 202 Å². The van der Waals surface area contributed by atoms with E-state index < -0.39 is 0 Å². The smallest absolute Gasteiger partial charge is 0.237 e. The van der Waals surface area contributed by atoms with Crippen LogP contribution in [0.15, 0.2) is 47.5 Å². The molecule has 9 heteroatoms. The summed E-state index contributed by atoms with van der Waals surface area (Å²) in [4.78, 5) is 28.4. The van der Waals surface area contributed by atoms with Crippen LogP contribution in [0.4, 0.5) is 5.82 Å². The first-order valence-corrected chi connectivity index (χ1v) is 12.0. The summed E-state index contributed by atoms with van der Waals surface area (Å²) in [5.41, 5.74) is 2.04. The number of aryl methyl sites for hydroxylation is 1. The van der Waals surface area contributed by atoms with Gasteiger partial charge in [-0.3, -0.25) is 9.36 Å². The van der Waals surface area contributed by atoms with E-state index in [1.807, 2.05) is 37.4 Å². The minimum absolute atomic E-state index is 0.0695. The monoisotopic (exact) mass is 512 g/mol.